The Hall–Kier alpha value is -2.59. The third kappa shape index (κ3) is 3.83. The number of nitrogens with zero attached hydrogens (tertiary/aromatic N) is 6. The minimum atomic E-state index is -3.54. The molecule has 0 amide bonds. The molecule has 3 aromatic heterocycles. The molecule has 1 atom stereocenters. The lowest BCUT2D eigenvalue weighted by atomic mass is 9.96. The third-order valence-corrected chi connectivity index (χ3v) is 6.74. The lowest BCUT2D eigenvalue weighted by Crippen LogP contribution is -2.40. The zero-order chi connectivity index (χ0) is 19.6. The highest BCUT2D eigenvalue weighted by atomic mass is 32.2. The van der Waals surface area contributed by atoms with Crippen LogP contribution in [0.25, 0.3) is 11.5 Å². The van der Waals surface area contributed by atoms with Crippen LogP contribution in [0.5, 0.6) is 0 Å². The summed E-state index contributed by atoms with van der Waals surface area (Å²) in [4.78, 5) is 8.67. The summed E-state index contributed by atoms with van der Waals surface area (Å²) >= 11 is 0. The van der Waals surface area contributed by atoms with E-state index in [2.05, 4.69) is 20.2 Å². The zero-order valence-corrected chi connectivity index (χ0v) is 16.4. The van der Waals surface area contributed by atoms with Crippen molar-refractivity contribution in [1.29, 1.82) is 0 Å². The minimum Gasteiger partial charge on any atom is -0.334 e. The first-order valence-corrected chi connectivity index (χ1v) is 10.8. The largest absolute Gasteiger partial charge is 0.334 e. The van der Waals surface area contributed by atoms with E-state index in [9.17, 15) is 8.42 Å². The summed E-state index contributed by atoms with van der Waals surface area (Å²) in [5, 5.41) is 8.15. The van der Waals surface area contributed by atoms with Crippen LogP contribution in [-0.2, 0) is 23.0 Å². The highest BCUT2D eigenvalue weighted by Gasteiger charge is 2.31. The highest BCUT2D eigenvalue weighted by molar-refractivity contribution is 7.89. The Labute approximate surface area is 163 Å². The van der Waals surface area contributed by atoms with Crippen LogP contribution >= 0.6 is 0 Å². The van der Waals surface area contributed by atoms with Crippen LogP contribution in [0, 0.1) is 5.92 Å². The molecule has 4 rings (SSSR count). The second-order valence-electron chi connectivity index (χ2n) is 6.86. The number of aromatic nitrogens is 5. The third-order valence-electron chi connectivity index (χ3n) is 4.92. The first-order chi connectivity index (χ1) is 13.6. The van der Waals surface area contributed by atoms with Crippen LogP contribution < -0.4 is 0 Å². The number of hydrogen-bond donors (Lipinski definition) is 0. The van der Waals surface area contributed by atoms with Gasteiger partial charge in [-0.05, 0) is 37.8 Å². The molecule has 0 saturated carbocycles. The molecule has 0 N–H and O–H groups in total. The molecule has 0 radical (unpaired) electrons. The van der Waals surface area contributed by atoms with Crippen molar-refractivity contribution in [2.24, 2.45) is 5.92 Å². The molecule has 1 unspecified atom stereocenters. The molecule has 0 aromatic carbocycles. The standard InChI is InChI=1S/C18H22N6O3S/c1-2-23-13-16(11-20-23)28(25,26)24-9-3-4-14(12-24)10-17-21-18(27-22-17)15-5-7-19-8-6-15/h5-8,11,13-14H,2-4,9-10,12H2,1H3. The molecule has 1 aliphatic rings. The lowest BCUT2D eigenvalue weighted by Gasteiger charge is -2.31. The van der Waals surface area contributed by atoms with Crippen molar-refractivity contribution in [2.45, 2.75) is 37.6 Å². The van der Waals surface area contributed by atoms with E-state index in [1.165, 1.54) is 6.20 Å². The van der Waals surface area contributed by atoms with Gasteiger partial charge < -0.3 is 4.52 Å². The Bertz CT molecular complexity index is 1030. The fourth-order valence-corrected chi connectivity index (χ4v) is 4.93. The maximum absolute atomic E-state index is 12.9. The van der Waals surface area contributed by atoms with Crippen molar-refractivity contribution in [3.05, 3.63) is 42.7 Å². The molecule has 148 valence electrons. The molecule has 4 heterocycles. The fraction of sp³-hybridized carbons (Fsp3) is 0.444. The maximum Gasteiger partial charge on any atom is 0.258 e. The Morgan fingerprint density at radius 3 is 2.86 bits per heavy atom. The number of hydrogen-bond acceptors (Lipinski definition) is 7. The topological polar surface area (TPSA) is 107 Å². The predicted molar refractivity (Wildman–Crippen MR) is 101 cm³/mol. The molecule has 10 heteroatoms. The molecule has 1 fully saturated rings. The van der Waals surface area contributed by atoms with Crippen molar-refractivity contribution in [2.75, 3.05) is 13.1 Å². The second-order valence-corrected chi connectivity index (χ2v) is 8.80. The van der Waals surface area contributed by atoms with Crippen molar-refractivity contribution in [3.8, 4) is 11.5 Å². The SMILES string of the molecule is CCn1cc(S(=O)(=O)N2CCCC(Cc3noc(-c4ccncc4)n3)C2)cn1. The molecular formula is C18H22N6O3S. The molecule has 0 aliphatic carbocycles. The highest BCUT2D eigenvalue weighted by Crippen LogP contribution is 2.26. The quantitative estimate of drug-likeness (QED) is 0.620. The lowest BCUT2D eigenvalue weighted by molar-refractivity contribution is 0.261. The van der Waals surface area contributed by atoms with Gasteiger partial charge in [0.05, 0.1) is 6.20 Å². The number of rotatable bonds is 6. The van der Waals surface area contributed by atoms with Crippen LogP contribution in [-0.4, -0.2) is 50.7 Å². The van der Waals surface area contributed by atoms with E-state index >= 15 is 0 Å². The molecule has 9 nitrogen and oxygen atoms in total. The summed E-state index contributed by atoms with van der Waals surface area (Å²) in [6, 6.07) is 3.62. The van der Waals surface area contributed by atoms with E-state index in [4.69, 9.17) is 4.52 Å². The van der Waals surface area contributed by atoms with Gasteiger partial charge >= 0.3 is 0 Å². The molecule has 1 aliphatic heterocycles. The Morgan fingerprint density at radius 2 is 2.11 bits per heavy atom. The summed E-state index contributed by atoms with van der Waals surface area (Å²) in [6.07, 6.45) is 8.66. The van der Waals surface area contributed by atoms with E-state index in [0.29, 0.717) is 37.8 Å². The molecule has 3 aromatic rings. The molecular weight excluding hydrogens is 380 g/mol. The van der Waals surface area contributed by atoms with Crippen LogP contribution in [0.2, 0.25) is 0 Å². The number of aryl methyl sites for hydroxylation is 1. The van der Waals surface area contributed by atoms with Gasteiger partial charge in [-0.15, -0.1) is 0 Å². The monoisotopic (exact) mass is 402 g/mol. The van der Waals surface area contributed by atoms with E-state index in [0.717, 1.165) is 18.4 Å². The van der Waals surface area contributed by atoms with Crippen molar-refractivity contribution in [3.63, 3.8) is 0 Å². The van der Waals surface area contributed by atoms with E-state index in [1.807, 2.05) is 19.1 Å². The predicted octanol–water partition coefficient (Wildman–Crippen LogP) is 1.99. The smallest absolute Gasteiger partial charge is 0.258 e. The Morgan fingerprint density at radius 1 is 1.29 bits per heavy atom. The van der Waals surface area contributed by atoms with E-state index in [1.54, 1.807) is 27.6 Å². The molecule has 1 saturated heterocycles. The Kier molecular flexibility index (Phi) is 5.23. The van der Waals surface area contributed by atoms with Gasteiger partial charge in [-0.25, -0.2) is 8.42 Å². The van der Waals surface area contributed by atoms with Gasteiger partial charge in [0.25, 0.3) is 5.89 Å². The van der Waals surface area contributed by atoms with E-state index in [-0.39, 0.29) is 10.8 Å². The summed E-state index contributed by atoms with van der Waals surface area (Å²) in [6.45, 7) is 3.52. The fourth-order valence-electron chi connectivity index (χ4n) is 3.42. The number of sulfonamides is 1. The minimum absolute atomic E-state index is 0.146. The summed E-state index contributed by atoms with van der Waals surface area (Å²) in [7, 11) is -3.54. The maximum atomic E-state index is 12.9. The van der Waals surface area contributed by atoms with E-state index < -0.39 is 10.0 Å². The summed E-state index contributed by atoms with van der Waals surface area (Å²) in [5.74, 6) is 1.19. The van der Waals surface area contributed by atoms with Crippen LogP contribution in [0.15, 0.2) is 46.3 Å². The number of piperidine rings is 1. The van der Waals surface area contributed by atoms with Gasteiger partial charge in [-0.3, -0.25) is 9.67 Å². The zero-order valence-electron chi connectivity index (χ0n) is 15.6. The van der Waals surface area contributed by atoms with Crippen molar-refractivity contribution >= 4 is 10.0 Å². The second kappa shape index (κ2) is 7.80. The average molecular weight is 402 g/mol. The summed E-state index contributed by atoms with van der Waals surface area (Å²) < 4.78 is 34.3. The molecule has 0 bridgehead atoms. The molecule has 0 spiro atoms. The van der Waals surface area contributed by atoms with Crippen molar-refractivity contribution < 1.29 is 12.9 Å². The van der Waals surface area contributed by atoms with Gasteiger partial charge in [0, 0.05) is 50.2 Å². The Balaban J connectivity index is 1.45. The van der Waals surface area contributed by atoms with Gasteiger partial charge in [0.15, 0.2) is 5.82 Å². The van der Waals surface area contributed by atoms with Gasteiger partial charge in [-0.2, -0.15) is 14.4 Å². The van der Waals surface area contributed by atoms with Gasteiger partial charge in [0.2, 0.25) is 10.0 Å². The van der Waals surface area contributed by atoms with Crippen LogP contribution in [0.3, 0.4) is 0 Å². The first kappa shape index (κ1) is 18.8. The van der Waals surface area contributed by atoms with Crippen LogP contribution in [0.4, 0.5) is 0 Å². The average Bonchev–Trinajstić information content (AvgIpc) is 3.39. The summed E-state index contributed by atoms with van der Waals surface area (Å²) in [5.41, 5.74) is 0.814. The van der Waals surface area contributed by atoms with Crippen molar-refractivity contribution in [1.82, 2.24) is 29.2 Å². The first-order valence-electron chi connectivity index (χ1n) is 9.32. The molecule has 28 heavy (non-hydrogen) atoms. The normalized spacial score (nSPS) is 18.4. The van der Waals surface area contributed by atoms with Gasteiger partial charge in [0.1, 0.15) is 4.90 Å². The van der Waals surface area contributed by atoms with Crippen LogP contribution in [0.1, 0.15) is 25.6 Å². The number of pyridine rings is 1. The van der Waals surface area contributed by atoms with Gasteiger partial charge in [-0.1, -0.05) is 5.16 Å².